The Bertz CT molecular complexity index is 533. The molecule has 1 aliphatic heterocycles. The highest BCUT2D eigenvalue weighted by Gasteiger charge is 2.24. The molecule has 2 aromatic heterocycles. The Morgan fingerprint density at radius 2 is 2.24 bits per heavy atom. The molecule has 2 N–H and O–H groups in total. The van der Waals surface area contributed by atoms with Gasteiger partial charge in [-0.1, -0.05) is 6.42 Å². The van der Waals surface area contributed by atoms with Gasteiger partial charge in [0.1, 0.15) is 0 Å². The molecule has 0 bridgehead atoms. The topological polar surface area (TPSA) is 59.5 Å². The minimum absolute atomic E-state index is 0.442. The molecule has 1 aliphatic rings. The Balaban J connectivity index is 2.05. The number of likely N-dealkylation sites (tertiary alicyclic amines) is 1. The van der Waals surface area contributed by atoms with Crippen molar-refractivity contribution in [2.75, 3.05) is 19.3 Å². The van der Waals surface area contributed by atoms with Crippen LogP contribution < -0.4 is 5.73 Å². The van der Waals surface area contributed by atoms with Crippen LogP contribution in [0.25, 0.3) is 5.65 Å². The number of hydrogen-bond donors (Lipinski definition) is 1. The van der Waals surface area contributed by atoms with E-state index in [2.05, 4.69) is 22.0 Å². The van der Waals surface area contributed by atoms with Crippen LogP contribution >= 0.6 is 0 Å². The van der Waals surface area contributed by atoms with Crippen LogP contribution in [-0.4, -0.2) is 33.1 Å². The van der Waals surface area contributed by atoms with E-state index in [0.717, 1.165) is 12.2 Å². The zero-order valence-corrected chi connectivity index (χ0v) is 10.0. The monoisotopic (exact) mass is 231 g/mol. The summed E-state index contributed by atoms with van der Waals surface area (Å²) >= 11 is 0. The van der Waals surface area contributed by atoms with E-state index in [1.165, 1.54) is 24.8 Å². The number of nitrogen functional groups attached to an aromatic ring is 1. The van der Waals surface area contributed by atoms with Crippen LogP contribution in [0, 0.1) is 0 Å². The van der Waals surface area contributed by atoms with E-state index in [0.29, 0.717) is 11.7 Å². The van der Waals surface area contributed by atoms with E-state index in [9.17, 15) is 0 Å². The van der Waals surface area contributed by atoms with Crippen LogP contribution in [0.3, 0.4) is 0 Å². The summed E-state index contributed by atoms with van der Waals surface area (Å²) in [6, 6.07) is 0.442. The number of rotatable bonds is 1. The van der Waals surface area contributed by atoms with Crippen molar-refractivity contribution in [3.05, 3.63) is 24.2 Å². The first-order chi connectivity index (χ1) is 8.25. The fraction of sp³-hybridized carbons (Fsp3) is 0.500. The molecule has 1 unspecified atom stereocenters. The van der Waals surface area contributed by atoms with Crippen molar-refractivity contribution >= 4 is 11.3 Å². The van der Waals surface area contributed by atoms with Crippen molar-refractivity contribution in [1.29, 1.82) is 0 Å². The average Bonchev–Trinajstić information content (AvgIpc) is 2.72. The average molecular weight is 231 g/mol. The summed E-state index contributed by atoms with van der Waals surface area (Å²) in [5.41, 5.74) is 8.49. The minimum atomic E-state index is 0.442. The van der Waals surface area contributed by atoms with Crippen molar-refractivity contribution < 1.29 is 0 Å². The van der Waals surface area contributed by atoms with Crippen LogP contribution in [0.4, 0.5) is 5.69 Å². The summed E-state index contributed by atoms with van der Waals surface area (Å²) in [5, 5.41) is 4.34. The molecule has 1 saturated heterocycles. The highest BCUT2D eigenvalue weighted by Crippen LogP contribution is 2.31. The van der Waals surface area contributed by atoms with Gasteiger partial charge in [-0.05, 0) is 26.4 Å². The molecule has 17 heavy (non-hydrogen) atoms. The molecule has 3 heterocycles. The summed E-state index contributed by atoms with van der Waals surface area (Å²) in [6.45, 7) is 1.15. The predicted molar refractivity (Wildman–Crippen MR) is 66.6 cm³/mol. The van der Waals surface area contributed by atoms with Gasteiger partial charge < -0.3 is 5.73 Å². The van der Waals surface area contributed by atoms with Crippen molar-refractivity contribution in [3.63, 3.8) is 0 Å². The van der Waals surface area contributed by atoms with Crippen LogP contribution in [0.15, 0.2) is 18.6 Å². The molecule has 1 fully saturated rings. The van der Waals surface area contributed by atoms with Crippen LogP contribution in [0.5, 0.6) is 0 Å². The summed E-state index contributed by atoms with van der Waals surface area (Å²) < 4.78 is 1.77. The van der Waals surface area contributed by atoms with Gasteiger partial charge in [-0.2, -0.15) is 5.10 Å². The first-order valence-electron chi connectivity index (χ1n) is 6.05. The Morgan fingerprint density at radius 1 is 1.35 bits per heavy atom. The van der Waals surface area contributed by atoms with E-state index < -0.39 is 0 Å². The lowest BCUT2D eigenvalue weighted by Crippen LogP contribution is -2.29. The second kappa shape index (κ2) is 4.00. The zero-order chi connectivity index (χ0) is 11.8. The highest BCUT2D eigenvalue weighted by molar-refractivity contribution is 5.51. The second-order valence-corrected chi connectivity index (χ2v) is 4.75. The van der Waals surface area contributed by atoms with Gasteiger partial charge in [0, 0.05) is 11.6 Å². The lowest BCUT2D eigenvalue weighted by Gasteiger charge is -2.31. The maximum absolute atomic E-state index is 5.71. The number of aromatic nitrogens is 3. The van der Waals surface area contributed by atoms with E-state index in [1.54, 1.807) is 10.7 Å². The molecule has 5 nitrogen and oxygen atoms in total. The predicted octanol–water partition coefficient (Wildman–Crippen LogP) is 1.47. The van der Waals surface area contributed by atoms with Gasteiger partial charge in [-0.15, -0.1) is 0 Å². The van der Waals surface area contributed by atoms with Gasteiger partial charge in [-0.25, -0.2) is 9.50 Å². The van der Waals surface area contributed by atoms with E-state index in [1.807, 2.05) is 12.4 Å². The molecule has 0 spiro atoms. The molecule has 3 rings (SSSR count). The van der Waals surface area contributed by atoms with Crippen LogP contribution in [0.2, 0.25) is 0 Å². The maximum Gasteiger partial charge on any atom is 0.159 e. The molecule has 90 valence electrons. The van der Waals surface area contributed by atoms with Crippen molar-refractivity contribution in [2.24, 2.45) is 0 Å². The number of nitrogens with two attached hydrogens (primary N) is 1. The Hall–Kier alpha value is -1.62. The SMILES string of the molecule is CN1CCCCC1c1cnn2cc(N)cnc12. The fourth-order valence-electron chi connectivity index (χ4n) is 2.61. The summed E-state index contributed by atoms with van der Waals surface area (Å²) in [4.78, 5) is 6.79. The molecule has 5 heteroatoms. The smallest absolute Gasteiger partial charge is 0.159 e. The molecule has 0 radical (unpaired) electrons. The van der Waals surface area contributed by atoms with Gasteiger partial charge in [0.25, 0.3) is 0 Å². The first kappa shape index (κ1) is 10.5. The second-order valence-electron chi connectivity index (χ2n) is 4.75. The third-order valence-electron chi connectivity index (χ3n) is 3.53. The standard InChI is InChI=1S/C12H17N5/c1-16-5-3-2-4-11(16)10-7-15-17-8-9(13)6-14-12(10)17/h6-8,11H,2-5,13H2,1H3. The van der Waals surface area contributed by atoms with E-state index >= 15 is 0 Å². The summed E-state index contributed by atoms with van der Waals surface area (Å²) in [6.07, 6.45) is 9.18. The van der Waals surface area contributed by atoms with E-state index in [-0.39, 0.29) is 0 Å². The summed E-state index contributed by atoms with van der Waals surface area (Å²) in [7, 11) is 2.17. The molecular weight excluding hydrogens is 214 g/mol. The van der Waals surface area contributed by atoms with Gasteiger partial charge in [0.05, 0.1) is 24.3 Å². The zero-order valence-electron chi connectivity index (χ0n) is 10.0. The first-order valence-corrected chi connectivity index (χ1v) is 6.05. The number of anilines is 1. The van der Waals surface area contributed by atoms with Crippen LogP contribution in [0.1, 0.15) is 30.9 Å². The van der Waals surface area contributed by atoms with Gasteiger partial charge in [0.2, 0.25) is 0 Å². The molecule has 0 aliphatic carbocycles. The molecule has 1 atom stereocenters. The largest absolute Gasteiger partial charge is 0.396 e. The van der Waals surface area contributed by atoms with Crippen molar-refractivity contribution in [3.8, 4) is 0 Å². The Morgan fingerprint density at radius 3 is 3.06 bits per heavy atom. The molecule has 0 saturated carbocycles. The fourth-order valence-corrected chi connectivity index (χ4v) is 2.61. The lowest BCUT2D eigenvalue weighted by molar-refractivity contribution is 0.188. The van der Waals surface area contributed by atoms with Gasteiger partial charge in [-0.3, -0.25) is 4.90 Å². The molecular formula is C12H17N5. The quantitative estimate of drug-likeness (QED) is 0.807. The molecule has 0 amide bonds. The normalized spacial score (nSPS) is 22.1. The lowest BCUT2D eigenvalue weighted by atomic mass is 9.98. The maximum atomic E-state index is 5.71. The third-order valence-corrected chi connectivity index (χ3v) is 3.53. The van der Waals surface area contributed by atoms with Crippen molar-refractivity contribution in [1.82, 2.24) is 19.5 Å². The number of fused-ring (bicyclic) bond motifs is 1. The van der Waals surface area contributed by atoms with E-state index in [4.69, 9.17) is 5.73 Å². The summed E-state index contributed by atoms with van der Waals surface area (Å²) in [5.74, 6) is 0. The molecule has 2 aromatic rings. The Kier molecular flexibility index (Phi) is 2.48. The number of nitrogens with zero attached hydrogens (tertiary/aromatic N) is 4. The number of piperidine rings is 1. The van der Waals surface area contributed by atoms with Crippen molar-refractivity contribution in [2.45, 2.75) is 25.3 Å². The highest BCUT2D eigenvalue weighted by atomic mass is 15.3. The number of hydrogen-bond acceptors (Lipinski definition) is 4. The van der Waals surface area contributed by atoms with Crippen LogP contribution in [-0.2, 0) is 0 Å². The third kappa shape index (κ3) is 1.76. The van der Waals surface area contributed by atoms with Gasteiger partial charge in [0.15, 0.2) is 5.65 Å². The Labute approximate surface area is 100 Å². The molecule has 0 aromatic carbocycles. The minimum Gasteiger partial charge on any atom is -0.396 e. The van der Waals surface area contributed by atoms with Gasteiger partial charge >= 0.3 is 0 Å².